The summed E-state index contributed by atoms with van der Waals surface area (Å²) in [6, 6.07) is 6.92. The third-order valence-corrected chi connectivity index (χ3v) is 4.95. The van der Waals surface area contributed by atoms with Gasteiger partial charge in [-0.05, 0) is 52.7 Å². The molecule has 2 aromatic rings. The highest BCUT2D eigenvalue weighted by Gasteiger charge is 2.16. The van der Waals surface area contributed by atoms with E-state index in [1.165, 1.54) is 11.3 Å². The van der Waals surface area contributed by atoms with Gasteiger partial charge in [-0.25, -0.2) is 0 Å². The molecular weight excluding hydrogens is 336 g/mol. The fraction of sp³-hybridized carbons (Fsp3) is 0.154. The number of halogens is 2. The first kappa shape index (κ1) is 13.6. The molecule has 94 valence electrons. The van der Waals surface area contributed by atoms with Crippen LogP contribution in [-0.4, -0.2) is 12.9 Å². The molecule has 0 amide bonds. The maximum atomic E-state index is 12.3. The molecule has 5 heteroatoms. The van der Waals surface area contributed by atoms with Gasteiger partial charge in [-0.3, -0.25) is 4.79 Å². The average Bonchev–Trinajstić information content (AvgIpc) is 2.68. The first-order valence-electron chi connectivity index (χ1n) is 5.17. The summed E-state index contributed by atoms with van der Waals surface area (Å²) in [5, 5.41) is 0.404. The number of carbonyl (C=O) groups is 1. The van der Waals surface area contributed by atoms with Crippen LogP contribution in [0, 0.1) is 6.92 Å². The summed E-state index contributed by atoms with van der Waals surface area (Å²) < 4.78 is 6.03. The minimum Gasteiger partial charge on any atom is -0.497 e. The van der Waals surface area contributed by atoms with E-state index in [4.69, 9.17) is 16.3 Å². The average molecular weight is 346 g/mol. The first-order valence-corrected chi connectivity index (χ1v) is 7.16. The lowest BCUT2D eigenvalue weighted by atomic mass is 10.1. The molecule has 0 aliphatic heterocycles. The van der Waals surface area contributed by atoms with E-state index < -0.39 is 0 Å². The van der Waals surface area contributed by atoms with Crippen LogP contribution in [0.25, 0.3) is 0 Å². The Bertz CT molecular complexity index is 588. The van der Waals surface area contributed by atoms with Gasteiger partial charge in [0, 0.05) is 5.56 Å². The van der Waals surface area contributed by atoms with E-state index in [0.29, 0.717) is 21.2 Å². The summed E-state index contributed by atoms with van der Waals surface area (Å²) in [4.78, 5) is 13.0. The van der Waals surface area contributed by atoms with Crippen LogP contribution in [0.5, 0.6) is 5.75 Å². The quantitative estimate of drug-likeness (QED) is 0.753. The van der Waals surface area contributed by atoms with Crippen molar-refractivity contribution in [3.8, 4) is 5.75 Å². The van der Waals surface area contributed by atoms with Crippen molar-refractivity contribution in [1.82, 2.24) is 0 Å². The van der Waals surface area contributed by atoms with Crippen molar-refractivity contribution in [2.75, 3.05) is 7.11 Å². The molecule has 0 aliphatic rings. The molecule has 18 heavy (non-hydrogen) atoms. The lowest BCUT2D eigenvalue weighted by molar-refractivity contribution is 0.104. The molecule has 2 nitrogen and oxygen atoms in total. The lowest BCUT2D eigenvalue weighted by Crippen LogP contribution is -1.99. The Labute approximate surface area is 123 Å². The van der Waals surface area contributed by atoms with Gasteiger partial charge in [0.05, 0.1) is 20.8 Å². The number of thiophene rings is 1. The van der Waals surface area contributed by atoms with Gasteiger partial charge in [-0.1, -0.05) is 11.6 Å². The van der Waals surface area contributed by atoms with E-state index in [0.717, 1.165) is 9.35 Å². The van der Waals surface area contributed by atoms with Gasteiger partial charge in [0.2, 0.25) is 5.78 Å². The zero-order valence-corrected chi connectivity index (χ0v) is 12.9. The zero-order chi connectivity index (χ0) is 13.3. The van der Waals surface area contributed by atoms with Crippen molar-refractivity contribution in [2.24, 2.45) is 0 Å². The number of rotatable bonds is 3. The van der Waals surface area contributed by atoms with Crippen molar-refractivity contribution < 1.29 is 9.53 Å². The number of carbonyl (C=O) groups excluding carboxylic acids is 1. The van der Waals surface area contributed by atoms with Gasteiger partial charge in [0.25, 0.3) is 0 Å². The number of benzene rings is 1. The van der Waals surface area contributed by atoms with Crippen LogP contribution in [0.15, 0.2) is 28.1 Å². The molecule has 0 spiro atoms. The van der Waals surface area contributed by atoms with Crippen molar-refractivity contribution in [1.29, 1.82) is 0 Å². The Kier molecular flexibility index (Phi) is 4.10. The van der Waals surface area contributed by atoms with E-state index >= 15 is 0 Å². The molecule has 0 radical (unpaired) electrons. The standard InChI is InChI=1S/C13H10BrClO2S/c1-7-5-11(18-13(7)14)12(16)9-4-3-8(17-2)6-10(9)15/h3-6H,1-2H3. The SMILES string of the molecule is COc1ccc(C(=O)c2cc(C)c(Br)s2)c(Cl)c1. The molecule has 1 aromatic heterocycles. The molecule has 0 aliphatic carbocycles. The Morgan fingerprint density at radius 1 is 1.39 bits per heavy atom. The summed E-state index contributed by atoms with van der Waals surface area (Å²) in [6.45, 7) is 1.95. The Hall–Kier alpha value is -0.840. The van der Waals surface area contributed by atoms with Crippen LogP contribution < -0.4 is 4.74 Å². The van der Waals surface area contributed by atoms with Crippen LogP contribution in [0.4, 0.5) is 0 Å². The molecule has 1 heterocycles. The fourth-order valence-corrected chi connectivity index (χ4v) is 3.26. The summed E-state index contributed by atoms with van der Waals surface area (Å²) >= 11 is 10.9. The Balaban J connectivity index is 2.40. The van der Waals surface area contributed by atoms with Crippen molar-refractivity contribution in [3.05, 3.63) is 49.1 Å². The molecule has 0 unspecified atom stereocenters. The number of methoxy groups -OCH3 is 1. The van der Waals surface area contributed by atoms with Gasteiger partial charge in [0.1, 0.15) is 5.75 Å². The van der Waals surface area contributed by atoms with Gasteiger partial charge < -0.3 is 4.74 Å². The summed E-state index contributed by atoms with van der Waals surface area (Å²) in [7, 11) is 1.56. The van der Waals surface area contributed by atoms with E-state index in [2.05, 4.69) is 15.9 Å². The van der Waals surface area contributed by atoms with Gasteiger partial charge >= 0.3 is 0 Å². The number of ketones is 1. The number of hydrogen-bond donors (Lipinski definition) is 0. The molecule has 0 saturated heterocycles. The molecule has 0 saturated carbocycles. The second kappa shape index (κ2) is 5.43. The van der Waals surface area contributed by atoms with Crippen LogP contribution in [0.3, 0.4) is 0 Å². The minimum atomic E-state index is -0.0681. The maximum Gasteiger partial charge on any atom is 0.204 e. The summed E-state index contributed by atoms with van der Waals surface area (Å²) in [5.74, 6) is 0.571. The molecule has 1 aromatic carbocycles. The summed E-state index contributed by atoms with van der Waals surface area (Å²) in [5.41, 5.74) is 1.54. The van der Waals surface area contributed by atoms with E-state index in [1.54, 1.807) is 25.3 Å². The van der Waals surface area contributed by atoms with Crippen molar-refractivity contribution in [3.63, 3.8) is 0 Å². The highest BCUT2D eigenvalue weighted by Crippen LogP contribution is 2.31. The number of hydrogen-bond acceptors (Lipinski definition) is 3. The van der Waals surface area contributed by atoms with E-state index in [1.807, 2.05) is 13.0 Å². The van der Waals surface area contributed by atoms with Crippen molar-refractivity contribution >= 4 is 44.7 Å². The fourth-order valence-electron chi connectivity index (χ4n) is 1.51. The molecule has 2 rings (SSSR count). The van der Waals surface area contributed by atoms with Gasteiger partial charge in [0.15, 0.2) is 0 Å². The molecule has 0 bridgehead atoms. The van der Waals surface area contributed by atoms with Crippen LogP contribution in [0.2, 0.25) is 5.02 Å². The maximum absolute atomic E-state index is 12.3. The van der Waals surface area contributed by atoms with Gasteiger partial charge in [-0.2, -0.15) is 0 Å². The monoisotopic (exact) mass is 344 g/mol. The third kappa shape index (κ3) is 2.60. The number of aryl methyl sites for hydroxylation is 1. The molecule has 0 atom stereocenters. The normalized spacial score (nSPS) is 10.4. The molecule has 0 N–H and O–H groups in total. The second-order valence-corrected chi connectivity index (χ2v) is 6.52. The minimum absolute atomic E-state index is 0.0681. The predicted octanol–water partition coefficient (Wildman–Crippen LogP) is 4.71. The van der Waals surface area contributed by atoms with Crippen LogP contribution in [0.1, 0.15) is 20.8 Å². The van der Waals surface area contributed by atoms with Gasteiger partial charge in [-0.15, -0.1) is 11.3 Å². The lowest BCUT2D eigenvalue weighted by Gasteiger charge is -2.04. The zero-order valence-electron chi connectivity index (χ0n) is 9.79. The topological polar surface area (TPSA) is 26.3 Å². The second-order valence-electron chi connectivity index (χ2n) is 3.74. The highest BCUT2D eigenvalue weighted by molar-refractivity contribution is 9.11. The smallest absolute Gasteiger partial charge is 0.204 e. The van der Waals surface area contributed by atoms with Crippen molar-refractivity contribution in [2.45, 2.75) is 6.92 Å². The Morgan fingerprint density at radius 3 is 2.61 bits per heavy atom. The van der Waals surface area contributed by atoms with Crippen LogP contribution in [-0.2, 0) is 0 Å². The number of ether oxygens (including phenoxy) is 1. The molecule has 0 fully saturated rings. The summed E-state index contributed by atoms with van der Waals surface area (Å²) in [6.07, 6.45) is 0. The predicted molar refractivity (Wildman–Crippen MR) is 78.2 cm³/mol. The largest absolute Gasteiger partial charge is 0.497 e. The van der Waals surface area contributed by atoms with Crippen LogP contribution >= 0.6 is 38.9 Å². The van der Waals surface area contributed by atoms with E-state index in [-0.39, 0.29) is 5.78 Å². The molecular formula is C13H10BrClO2S. The first-order chi connectivity index (χ1) is 8.52. The van der Waals surface area contributed by atoms with E-state index in [9.17, 15) is 4.79 Å². The third-order valence-electron chi connectivity index (χ3n) is 2.50. The Morgan fingerprint density at radius 2 is 2.11 bits per heavy atom. The highest BCUT2D eigenvalue weighted by atomic mass is 79.9.